The van der Waals surface area contributed by atoms with Gasteiger partial charge in [0.1, 0.15) is 12.2 Å². The molecule has 0 unspecified atom stereocenters. The fraction of sp³-hybridized carbons (Fsp3) is 0.818. The minimum absolute atomic E-state index is 0.109. The Hall–Kier alpha value is -0.940. The van der Waals surface area contributed by atoms with E-state index in [0.717, 1.165) is 25.5 Å². The second-order valence-electron chi connectivity index (χ2n) is 5.31. The van der Waals surface area contributed by atoms with Crippen molar-refractivity contribution in [2.75, 3.05) is 20.6 Å². The zero-order valence-corrected chi connectivity index (χ0v) is 11.0. The third-order valence-electron chi connectivity index (χ3n) is 2.23. The Kier molecular flexibility index (Phi) is 4.44. The molecule has 0 radical (unpaired) electrons. The van der Waals surface area contributed by atoms with Crippen LogP contribution in [0.25, 0.3) is 0 Å². The van der Waals surface area contributed by atoms with Crippen molar-refractivity contribution in [3.05, 3.63) is 12.2 Å². The summed E-state index contributed by atoms with van der Waals surface area (Å²) >= 11 is 0. The van der Waals surface area contributed by atoms with Gasteiger partial charge in [0, 0.05) is 12.1 Å². The van der Waals surface area contributed by atoms with E-state index in [1.54, 1.807) is 6.33 Å². The number of hydrogen-bond acceptors (Lipinski definition) is 4. The average Bonchev–Trinajstić information content (AvgIpc) is 2.57. The molecule has 0 aliphatic carbocycles. The fourth-order valence-corrected chi connectivity index (χ4v) is 1.25. The monoisotopic (exact) mass is 225 g/mol. The molecule has 0 spiro atoms. The van der Waals surface area contributed by atoms with Crippen molar-refractivity contribution in [2.45, 2.75) is 39.4 Å². The van der Waals surface area contributed by atoms with Gasteiger partial charge in [0.15, 0.2) is 0 Å². The first-order valence-corrected chi connectivity index (χ1v) is 5.65. The smallest absolute Gasteiger partial charge is 0.140 e. The van der Waals surface area contributed by atoms with Gasteiger partial charge in [-0.25, -0.2) is 9.67 Å². The van der Waals surface area contributed by atoms with Gasteiger partial charge >= 0.3 is 0 Å². The summed E-state index contributed by atoms with van der Waals surface area (Å²) in [6.45, 7) is 9.06. The summed E-state index contributed by atoms with van der Waals surface area (Å²) in [7, 11) is 4.12. The van der Waals surface area contributed by atoms with Gasteiger partial charge in [-0.1, -0.05) is 0 Å². The van der Waals surface area contributed by atoms with Crippen LogP contribution in [0.2, 0.25) is 0 Å². The van der Waals surface area contributed by atoms with Crippen molar-refractivity contribution in [1.29, 1.82) is 0 Å². The Morgan fingerprint density at radius 2 is 2.06 bits per heavy atom. The van der Waals surface area contributed by atoms with Gasteiger partial charge in [-0.15, -0.1) is 0 Å². The van der Waals surface area contributed by atoms with Crippen molar-refractivity contribution in [2.24, 2.45) is 0 Å². The molecule has 1 rings (SSSR count). The van der Waals surface area contributed by atoms with E-state index in [0.29, 0.717) is 0 Å². The largest absolute Gasteiger partial charge is 0.308 e. The van der Waals surface area contributed by atoms with E-state index >= 15 is 0 Å². The second-order valence-corrected chi connectivity index (χ2v) is 5.31. The molecule has 5 heteroatoms. The lowest BCUT2D eigenvalue weighted by atomic mass is 10.1. The number of nitrogens with zero attached hydrogens (tertiary/aromatic N) is 4. The van der Waals surface area contributed by atoms with E-state index in [4.69, 9.17) is 0 Å². The molecule has 0 amide bonds. The highest BCUT2D eigenvalue weighted by molar-refractivity contribution is 4.86. The zero-order chi connectivity index (χ0) is 12.2. The summed E-state index contributed by atoms with van der Waals surface area (Å²) in [5, 5.41) is 7.64. The lowest BCUT2D eigenvalue weighted by molar-refractivity contribution is 0.359. The average molecular weight is 225 g/mol. The molecule has 1 aromatic rings. The molecule has 0 saturated carbocycles. The molecular formula is C11H23N5. The minimum atomic E-state index is 0.109. The van der Waals surface area contributed by atoms with Crippen LogP contribution in [0.1, 0.15) is 26.6 Å². The highest BCUT2D eigenvalue weighted by Gasteiger charge is 2.11. The quantitative estimate of drug-likeness (QED) is 0.802. The van der Waals surface area contributed by atoms with E-state index < -0.39 is 0 Å². The van der Waals surface area contributed by atoms with Crippen molar-refractivity contribution >= 4 is 0 Å². The van der Waals surface area contributed by atoms with Gasteiger partial charge in [-0.05, 0) is 34.9 Å². The molecular weight excluding hydrogens is 202 g/mol. The molecule has 16 heavy (non-hydrogen) atoms. The summed E-state index contributed by atoms with van der Waals surface area (Å²) in [6, 6.07) is 0. The molecule has 1 aromatic heterocycles. The first-order valence-electron chi connectivity index (χ1n) is 5.65. The molecule has 0 atom stereocenters. The SMILES string of the molecule is CN(C)CCn1ncnc1CNC(C)(C)C. The second kappa shape index (κ2) is 5.41. The standard InChI is InChI=1S/C11H23N5/c1-11(2,3)13-8-10-12-9-14-16(10)7-6-15(4)5/h9,13H,6-8H2,1-5H3. The van der Waals surface area contributed by atoms with E-state index in [9.17, 15) is 0 Å². The number of rotatable bonds is 5. The zero-order valence-electron chi connectivity index (χ0n) is 11.0. The fourth-order valence-electron chi connectivity index (χ4n) is 1.25. The number of hydrogen-bond donors (Lipinski definition) is 1. The van der Waals surface area contributed by atoms with Gasteiger partial charge < -0.3 is 10.2 Å². The van der Waals surface area contributed by atoms with Crippen LogP contribution in [0.5, 0.6) is 0 Å². The van der Waals surface area contributed by atoms with Gasteiger partial charge in [0.2, 0.25) is 0 Å². The van der Waals surface area contributed by atoms with Crippen LogP contribution in [0.15, 0.2) is 6.33 Å². The summed E-state index contributed by atoms with van der Waals surface area (Å²) in [5.41, 5.74) is 0.109. The maximum absolute atomic E-state index is 4.27. The van der Waals surface area contributed by atoms with Crippen molar-refractivity contribution in [3.8, 4) is 0 Å². The third kappa shape index (κ3) is 4.72. The topological polar surface area (TPSA) is 46.0 Å². The van der Waals surface area contributed by atoms with Crippen molar-refractivity contribution < 1.29 is 0 Å². The van der Waals surface area contributed by atoms with Gasteiger partial charge in [0.05, 0.1) is 13.1 Å². The first kappa shape index (κ1) is 13.1. The van der Waals surface area contributed by atoms with Crippen LogP contribution < -0.4 is 5.32 Å². The molecule has 0 bridgehead atoms. The van der Waals surface area contributed by atoms with Crippen LogP contribution in [0, 0.1) is 0 Å². The van der Waals surface area contributed by atoms with Crippen LogP contribution in [0.4, 0.5) is 0 Å². The van der Waals surface area contributed by atoms with Gasteiger partial charge in [-0.2, -0.15) is 5.10 Å². The Morgan fingerprint density at radius 1 is 1.38 bits per heavy atom. The summed E-state index contributed by atoms with van der Waals surface area (Å²) < 4.78 is 1.96. The van der Waals surface area contributed by atoms with E-state index in [1.807, 2.05) is 4.68 Å². The molecule has 92 valence electrons. The Morgan fingerprint density at radius 3 is 2.62 bits per heavy atom. The maximum Gasteiger partial charge on any atom is 0.140 e. The molecule has 1 heterocycles. The Labute approximate surface area is 97.9 Å². The summed E-state index contributed by atoms with van der Waals surface area (Å²) in [6.07, 6.45) is 1.62. The van der Waals surface area contributed by atoms with E-state index in [2.05, 4.69) is 55.2 Å². The maximum atomic E-state index is 4.27. The van der Waals surface area contributed by atoms with Crippen LogP contribution >= 0.6 is 0 Å². The van der Waals surface area contributed by atoms with Crippen LogP contribution in [0.3, 0.4) is 0 Å². The minimum Gasteiger partial charge on any atom is -0.308 e. The normalized spacial score (nSPS) is 12.4. The van der Waals surface area contributed by atoms with Gasteiger partial charge in [0.25, 0.3) is 0 Å². The lowest BCUT2D eigenvalue weighted by Crippen LogP contribution is -2.36. The van der Waals surface area contributed by atoms with E-state index in [-0.39, 0.29) is 5.54 Å². The lowest BCUT2D eigenvalue weighted by Gasteiger charge is -2.20. The van der Waals surface area contributed by atoms with Crippen molar-refractivity contribution in [1.82, 2.24) is 25.0 Å². The highest BCUT2D eigenvalue weighted by Crippen LogP contribution is 2.02. The number of aromatic nitrogens is 3. The Bertz CT molecular complexity index is 310. The van der Waals surface area contributed by atoms with Crippen molar-refractivity contribution in [3.63, 3.8) is 0 Å². The van der Waals surface area contributed by atoms with Crippen LogP contribution in [-0.4, -0.2) is 45.8 Å². The first-order chi connectivity index (χ1) is 7.38. The molecule has 0 aliphatic heterocycles. The summed E-state index contributed by atoms with van der Waals surface area (Å²) in [4.78, 5) is 6.41. The third-order valence-corrected chi connectivity index (χ3v) is 2.23. The van der Waals surface area contributed by atoms with Gasteiger partial charge in [-0.3, -0.25) is 0 Å². The predicted octanol–water partition coefficient (Wildman–Crippen LogP) is 0.728. The molecule has 0 saturated heterocycles. The number of nitrogens with one attached hydrogen (secondary N) is 1. The highest BCUT2D eigenvalue weighted by atomic mass is 15.3. The Balaban J connectivity index is 2.50. The predicted molar refractivity (Wildman–Crippen MR) is 65.2 cm³/mol. The van der Waals surface area contributed by atoms with Crippen LogP contribution in [-0.2, 0) is 13.1 Å². The molecule has 0 aliphatic rings. The molecule has 5 nitrogen and oxygen atoms in total. The molecule has 1 N–H and O–H groups in total. The van der Waals surface area contributed by atoms with E-state index in [1.165, 1.54) is 0 Å². The summed E-state index contributed by atoms with van der Waals surface area (Å²) in [5.74, 6) is 0.997. The molecule has 0 aromatic carbocycles. The number of likely N-dealkylation sites (N-methyl/N-ethyl adjacent to an activating group) is 1. The molecule has 0 fully saturated rings.